The largest absolute Gasteiger partial charge is 0.389 e. The highest BCUT2D eigenvalue weighted by Gasteiger charge is 2.34. The number of rotatable bonds is 2. The highest BCUT2D eigenvalue weighted by molar-refractivity contribution is 6.30. The number of hydrogen-bond donors (Lipinski definition) is 1. The zero-order valence-corrected chi connectivity index (χ0v) is 11.1. The van der Waals surface area contributed by atoms with Crippen molar-refractivity contribution >= 4 is 11.6 Å². The minimum Gasteiger partial charge on any atom is -0.389 e. The van der Waals surface area contributed by atoms with E-state index in [1.54, 1.807) is 6.07 Å². The number of hydrogen-bond acceptors (Lipinski definition) is 1. The minimum atomic E-state index is -0.816. The number of benzene rings is 2. The van der Waals surface area contributed by atoms with Crippen LogP contribution in [0.25, 0.3) is 0 Å². The van der Waals surface area contributed by atoms with Gasteiger partial charge >= 0.3 is 0 Å². The van der Waals surface area contributed by atoms with E-state index in [4.69, 9.17) is 11.6 Å². The van der Waals surface area contributed by atoms with Crippen LogP contribution in [-0.2, 0) is 19.3 Å². The van der Waals surface area contributed by atoms with E-state index in [9.17, 15) is 9.50 Å². The molecule has 0 aliphatic heterocycles. The van der Waals surface area contributed by atoms with Gasteiger partial charge in [-0.25, -0.2) is 4.39 Å². The fraction of sp³-hybridized carbons (Fsp3) is 0.250. The molecule has 0 aromatic heterocycles. The van der Waals surface area contributed by atoms with Gasteiger partial charge in [0.25, 0.3) is 0 Å². The van der Waals surface area contributed by atoms with Gasteiger partial charge in [-0.3, -0.25) is 0 Å². The number of halogens is 2. The van der Waals surface area contributed by atoms with Gasteiger partial charge in [0, 0.05) is 19.3 Å². The van der Waals surface area contributed by atoms with Crippen LogP contribution in [0, 0.1) is 5.82 Å². The minimum absolute atomic E-state index is 0.116. The molecule has 2 aromatic rings. The smallest absolute Gasteiger partial charge is 0.142 e. The van der Waals surface area contributed by atoms with E-state index in [2.05, 4.69) is 0 Å². The van der Waals surface area contributed by atoms with E-state index in [1.165, 1.54) is 23.3 Å². The first-order chi connectivity index (χ1) is 9.06. The Morgan fingerprint density at radius 1 is 1.11 bits per heavy atom. The van der Waals surface area contributed by atoms with Crippen molar-refractivity contribution in [3.63, 3.8) is 0 Å². The van der Waals surface area contributed by atoms with Gasteiger partial charge in [-0.1, -0.05) is 41.9 Å². The molecule has 3 rings (SSSR count). The van der Waals surface area contributed by atoms with Gasteiger partial charge in [0.05, 0.1) is 10.6 Å². The van der Waals surface area contributed by atoms with Gasteiger partial charge in [0.1, 0.15) is 5.82 Å². The predicted molar refractivity (Wildman–Crippen MR) is 73.9 cm³/mol. The van der Waals surface area contributed by atoms with E-state index < -0.39 is 11.4 Å². The van der Waals surface area contributed by atoms with E-state index in [-0.39, 0.29) is 5.02 Å². The fourth-order valence-corrected chi connectivity index (χ4v) is 2.95. The SMILES string of the molecule is OC1(Cc2ccc(Cl)c(F)c2)Cc2ccccc2C1. The fourth-order valence-electron chi connectivity index (χ4n) is 2.83. The number of fused-ring (bicyclic) bond motifs is 1. The first-order valence-electron chi connectivity index (χ1n) is 6.29. The highest BCUT2D eigenvalue weighted by Crippen LogP contribution is 2.33. The Kier molecular flexibility index (Phi) is 3.08. The molecule has 0 unspecified atom stereocenters. The summed E-state index contributed by atoms with van der Waals surface area (Å²) in [5, 5.41) is 10.8. The predicted octanol–water partition coefficient (Wildman–Crippen LogP) is 3.55. The topological polar surface area (TPSA) is 20.2 Å². The zero-order valence-electron chi connectivity index (χ0n) is 10.4. The molecule has 98 valence electrons. The van der Waals surface area contributed by atoms with Crippen molar-refractivity contribution in [1.82, 2.24) is 0 Å². The molecular weight excluding hydrogens is 263 g/mol. The highest BCUT2D eigenvalue weighted by atomic mass is 35.5. The molecule has 0 saturated heterocycles. The summed E-state index contributed by atoms with van der Waals surface area (Å²) in [7, 11) is 0. The lowest BCUT2D eigenvalue weighted by atomic mass is 9.91. The van der Waals surface area contributed by atoms with Crippen LogP contribution in [0.1, 0.15) is 16.7 Å². The third-order valence-electron chi connectivity index (χ3n) is 3.67. The van der Waals surface area contributed by atoms with Gasteiger partial charge in [0.2, 0.25) is 0 Å². The average molecular weight is 277 g/mol. The lowest BCUT2D eigenvalue weighted by Crippen LogP contribution is -2.32. The van der Waals surface area contributed by atoms with Crippen molar-refractivity contribution in [2.45, 2.75) is 24.9 Å². The number of aliphatic hydroxyl groups is 1. The van der Waals surface area contributed by atoms with Crippen LogP contribution in [0.2, 0.25) is 5.02 Å². The summed E-state index contributed by atoms with van der Waals surface area (Å²) in [4.78, 5) is 0. The van der Waals surface area contributed by atoms with Gasteiger partial charge in [-0.2, -0.15) is 0 Å². The first kappa shape index (κ1) is 12.6. The molecule has 1 nitrogen and oxygen atoms in total. The Bertz CT molecular complexity index is 599. The second kappa shape index (κ2) is 4.62. The third kappa shape index (κ3) is 2.51. The van der Waals surface area contributed by atoms with Gasteiger partial charge in [-0.05, 0) is 28.8 Å². The molecule has 1 aliphatic rings. The Morgan fingerprint density at radius 3 is 2.32 bits per heavy atom. The maximum atomic E-state index is 13.4. The summed E-state index contributed by atoms with van der Waals surface area (Å²) in [6.45, 7) is 0. The Hall–Kier alpha value is -1.38. The van der Waals surface area contributed by atoms with Gasteiger partial charge in [0.15, 0.2) is 0 Å². The monoisotopic (exact) mass is 276 g/mol. The lowest BCUT2D eigenvalue weighted by Gasteiger charge is -2.22. The van der Waals surface area contributed by atoms with Crippen LogP contribution in [0.15, 0.2) is 42.5 Å². The van der Waals surface area contributed by atoms with Crippen molar-refractivity contribution < 1.29 is 9.50 Å². The average Bonchev–Trinajstić information content (AvgIpc) is 2.69. The molecule has 0 radical (unpaired) electrons. The molecule has 0 amide bonds. The van der Waals surface area contributed by atoms with Crippen molar-refractivity contribution in [2.75, 3.05) is 0 Å². The van der Waals surface area contributed by atoms with Crippen molar-refractivity contribution in [1.29, 1.82) is 0 Å². The third-order valence-corrected chi connectivity index (χ3v) is 3.98. The molecule has 2 aromatic carbocycles. The van der Waals surface area contributed by atoms with E-state index in [0.717, 1.165) is 5.56 Å². The van der Waals surface area contributed by atoms with Crippen molar-refractivity contribution in [3.8, 4) is 0 Å². The maximum Gasteiger partial charge on any atom is 0.142 e. The summed E-state index contributed by atoms with van der Waals surface area (Å²) in [6, 6.07) is 12.7. The van der Waals surface area contributed by atoms with Crippen molar-refractivity contribution in [2.24, 2.45) is 0 Å². The molecule has 19 heavy (non-hydrogen) atoms. The van der Waals surface area contributed by atoms with Crippen LogP contribution in [0.3, 0.4) is 0 Å². The molecule has 0 fully saturated rings. The van der Waals surface area contributed by atoms with E-state index in [0.29, 0.717) is 19.3 Å². The van der Waals surface area contributed by atoms with Crippen LogP contribution >= 0.6 is 11.6 Å². The standard InChI is InChI=1S/C16H14ClFO/c17-14-6-5-11(7-15(14)18)8-16(19)9-12-3-1-2-4-13(12)10-16/h1-7,19H,8-10H2. The first-order valence-corrected chi connectivity index (χ1v) is 6.67. The summed E-state index contributed by atoms with van der Waals surface area (Å²) in [6.07, 6.45) is 1.68. The summed E-state index contributed by atoms with van der Waals surface area (Å²) in [5.41, 5.74) is 2.32. The van der Waals surface area contributed by atoms with Crippen LogP contribution in [0.5, 0.6) is 0 Å². The summed E-state index contributed by atoms with van der Waals surface area (Å²) >= 11 is 5.67. The van der Waals surface area contributed by atoms with E-state index in [1.807, 2.05) is 24.3 Å². The molecule has 0 spiro atoms. The van der Waals surface area contributed by atoms with E-state index >= 15 is 0 Å². The normalized spacial score (nSPS) is 16.4. The van der Waals surface area contributed by atoms with Crippen molar-refractivity contribution in [3.05, 3.63) is 70.0 Å². The molecule has 0 atom stereocenters. The molecule has 1 N–H and O–H groups in total. The molecule has 0 heterocycles. The van der Waals surface area contributed by atoms with Crippen LogP contribution in [-0.4, -0.2) is 10.7 Å². The summed E-state index contributed by atoms with van der Waals surface area (Å²) in [5.74, 6) is -0.432. The molecule has 0 saturated carbocycles. The Balaban J connectivity index is 1.83. The second-order valence-electron chi connectivity index (χ2n) is 5.27. The molecular formula is C16H14ClFO. The summed E-state index contributed by atoms with van der Waals surface area (Å²) < 4.78 is 13.4. The Morgan fingerprint density at radius 2 is 1.74 bits per heavy atom. The lowest BCUT2D eigenvalue weighted by molar-refractivity contribution is 0.0517. The van der Waals surface area contributed by atoms with Crippen LogP contribution in [0.4, 0.5) is 4.39 Å². The van der Waals surface area contributed by atoms with Gasteiger partial charge in [-0.15, -0.1) is 0 Å². The second-order valence-corrected chi connectivity index (χ2v) is 5.68. The molecule has 3 heteroatoms. The maximum absolute atomic E-state index is 13.4. The molecule has 0 bridgehead atoms. The zero-order chi connectivity index (χ0) is 13.5. The van der Waals surface area contributed by atoms with Crippen LogP contribution < -0.4 is 0 Å². The Labute approximate surface area is 116 Å². The quantitative estimate of drug-likeness (QED) is 0.889. The molecule has 1 aliphatic carbocycles. The van der Waals surface area contributed by atoms with Gasteiger partial charge < -0.3 is 5.11 Å².